The van der Waals surface area contributed by atoms with Gasteiger partial charge in [-0.3, -0.25) is 19.3 Å². The summed E-state index contributed by atoms with van der Waals surface area (Å²) in [7, 11) is 0. The van der Waals surface area contributed by atoms with Gasteiger partial charge in [0, 0.05) is 35.8 Å². The second-order valence-corrected chi connectivity index (χ2v) is 10.6. The number of aliphatic hydroxyl groups is 2. The van der Waals surface area contributed by atoms with Crippen LogP contribution in [-0.2, 0) is 20.0 Å². The smallest absolute Gasteiger partial charge is 0.268 e. The van der Waals surface area contributed by atoms with E-state index in [1.54, 1.807) is 42.2 Å². The van der Waals surface area contributed by atoms with Gasteiger partial charge in [0.25, 0.3) is 5.91 Å². The minimum absolute atomic E-state index is 0.0537. The molecule has 9 heteroatoms. The molecular formula is C30H36N4O5. The Kier molecular flexibility index (Phi) is 7.83. The lowest BCUT2D eigenvalue weighted by atomic mass is 9.82. The first-order valence-corrected chi connectivity index (χ1v) is 13.7. The fourth-order valence-electron chi connectivity index (χ4n) is 5.90. The molecule has 206 valence electrons. The van der Waals surface area contributed by atoms with Crippen LogP contribution in [0.2, 0.25) is 0 Å². The van der Waals surface area contributed by atoms with Crippen LogP contribution in [0.1, 0.15) is 44.6 Å². The Balaban J connectivity index is 1.42. The van der Waals surface area contributed by atoms with E-state index in [9.17, 15) is 24.6 Å². The third kappa shape index (κ3) is 5.09. The number of nitrogens with zero attached hydrogens (tertiary/aromatic N) is 2. The summed E-state index contributed by atoms with van der Waals surface area (Å²) in [5.74, 6) is -1.39. The molecular weight excluding hydrogens is 496 g/mol. The topological polar surface area (TPSA) is 122 Å². The summed E-state index contributed by atoms with van der Waals surface area (Å²) >= 11 is 0. The highest BCUT2D eigenvalue weighted by Gasteiger charge is 2.53. The maximum absolute atomic E-state index is 13.9. The van der Waals surface area contributed by atoms with Gasteiger partial charge in [-0.1, -0.05) is 37.3 Å². The van der Waals surface area contributed by atoms with E-state index >= 15 is 0 Å². The number of aliphatic hydroxyl groups excluding tert-OH is 1. The summed E-state index contributed by atoms with van der Waals surface area (Å²) in [4.78, 5) is 42.6. The van der Waals surface area contributed by atoms with E-state index in [4.69, 9.17) is 0 Å². The van der Waals surface area contributed by atoms with E-state index < -0.39 is 17.4 Å². The van der Waals surface area contributed by atoms with Crippen LogP contribution in [0, 0.1) is 5.92 Å². The number of hydrogen-bond acceptors (Lipinski definition) is 6. The van der Waals surface area contributed by atoms with E-state index in [-0.39, 0.29) is 36.9 Å². The standard InChI is InChI=1S/C30H36N4O5/c1-20(8-5-13-27(36)33-17-7-11-23(33)19-35)30(39)24-18-21(32-28(37)25-12-6-16-31-25)14-15-26(24)34(29(30)38)22-9-3-2-4-10-22/h2-5,8-10,14-15,18,20,23,25,31,35,39H,6-7,11-13,16-17,19H2,1H3,(H,32,37)/b8-5+/t20-,23+,25-,30+/m1/s1. The highest BCUT2D eigenvalue weighted by Crippen LogP contribution is 2.49. The van der Waals surface area contributed by atoms with Crippen molar-refractivity contribution in [2.45, 2.75) is 56.7 Å². The molecule has 4 atom stereocenters. The number of anilines is 3. The number of nitrogens with one attached hydrogen (secondary N) is 2. The lowest BCUT2D eigenvalue weighted by Crippen LogP contribution is -2.43. The second kappa shape index (κ2) is 11.3. The molecule has 0 aliphatic carbocycles. The van der Waals surface area contributed by atoms with Crippen molar-refractivity contribution in [3.63, 3.8) is 0 Å². The van der Waals surface area contributed by atoms with Crippen LogP contribution >= 0.6 is 0 Å². The van der Waals surface area contributed by atoms with Gasteiger partial charge >= 0.3 is 0 Å². The van der Waals surface area contributed by atoms with Gasteiger partial charge in [-0.15, -0.1) is 0 Å². The third-order valence-corrected chi connectivity index (χ3v) is 8.12. The zero-order valence-electron chi connectivity index (χ0n) is 22.2. The fraction of sp³-hybridized carbons (Fsp3) is 0.433. The number of likely N-dealkylation sites (tertiary alicyclic amines) is 1. The largest absolute Gasteiger partial charge is 0.394 e. The van der Waals surface area contributed by atoms with Gasteiger partial charge in [0.1, 0.15) is 0 Å². The summed E-state index contributed by atoms with van der Waals surface area (Å²) in [6, 6.07) is 13.9. The van der Waals surface area contributed by atoms with Crippen molar-refractivity contribution < 1.29 is 24.6 Å². The van der Waals surface area contributed by atoms with Gasteiger partial charge in [0.05, 0.1) is 24.4 Å². The number of carbonyl (C=O) groups is 3. The van der Waals surface area contributed by atoms with Gasteiger partial charge in [0.15, 0.2) is 5.60 Å². The summed E-state index contributed by atoms with van der Waals surface area (Å²) in [5, 5.41) is 27.7. The van der Waals surface area contributed by atoms with E-state index in [0.29, 0.717) is 29.2 Å². The van der Waals surface area contributed by atoms with Crippen molar-refractivity contribution in [2.75, 3.05) is 29.9 Å². The van der Waals surface area contributed by atoms with Crippen LogP contribution in [0.25, 0.3) is 0 Å². The number of para-hydroxylation sites is 1. The van der Waals surface area contributed by atoms with E-state index in [0.717, 1.165) is 32.2 Å². The van der Waals surface area contributed by atoms with Gasteiger partial charge in [-0.25, -0.2) is 0 Å². The van der Waals surface area contributed by atoms with Crippen molar-refractivity contribution in [3.05, 3.63) is 66.2 Å². The maximum Gasteiger partial charge on any atom is 0.268 e. The number of hydrogen-bond donors (Lipinski definition) is 4. The zero-order chi connectivity index (χ0) is 27.6. The molecule has 0 radical (unpaired) electrons. The number of benzene rings is 2. The molecule has 0 unspecified atom stereocenters. The minimum Gasteiger partial charge on any atom is -0.394 e. The van der Waals surface area contributed by atoms with Crippen LogP contribution in [0.4, 0.5) is 17.1 Å². The van der Waals surface area contributed by atoms with Crippen molar-refractivity contribution in [1.82, 2.24) is 10.2 Å². The van der Waals surface area contributed by atoms with Crippen LogP contribution in [0.5, 0.6) is 0 Å². The molecule has 0 saturated carbocycles. The monoisotopic (exact) mass is 532 g/mol. The van der Waals surface area contributed by atoms with Crippen LogP contribution in [-0.4, -0.2) is 64.6 Å². The molecule has 3 aliphatic heterocycles. The molecule has 0 bridgehead atoms. The van der Waals surface area contributed by atoms with Gasteiger partial charge < -0.3 is 25.7 Å². The lowest BCUT2D eigenvalue weighted by molar-refractivity contribution is -0.138. The summed E-state index contributed by atoms with van der Waals surface area (Å²) < 4.78 is 0. The molecule has 0 aromatic heterocycles. The maximum atomic E-state index is 13.9. The molecule has 3 amide bonds. The Bertz CT molecular complexity index is 1260. The Hall–Kier alpha value is -3.53. The Morgan fingerprint density at radius 1 is 1.18 bits per heavy atom. The molecule has 2 fully saturated rings. The van der Waals surface area contributed by atoms with Crippen LogP contribution in [0.15, 0.2) is 60.7 Å². The number of carbonyl (C=O) groups excluding carboxylic acids is 3. The van der Waals surface area contributed by atoms with Crippen molar-refractivity contribution in [1.29, 1.82) is 0 Å². The first-order chi connectivity index (χ1) is 18.8. The predicted octanol–water partition coefficient (Wildman–Crippen LogP) is 2.81. The van der Waals surface area contributed by atoms with E-state index in [1.807, 2.05) is 30.3 Å². The number of amides is 3. The molecule has 4 N–H and O–H groups in total. The minimum atomic E-state index is -1.90. The molecule has 2 aromatic rings. The molecule has 9 nitrogen and oxygen atoms in total. The van der Waals surface area contributed by atoms with Crippen molar-refractivity contribution in [2.24, 2.45) is 5.92 Å². The number of rotatable bonds is 8. The second-order valence-electron chi connectivity index (χ2n) is 10.6. The average molecular weight is 533 g/mol. The Labute approximate surface area is 228 Å². The highest BCUT2D eigenvalue weighted by molar-refractivity contribution is 6.12. The van der Waals surface area contributed by atoms with Gasteiger partial charge in [-0.05, 0) is 62.6 Å². The molecule has 5 rings (SSSR count). The fourth-order valence-corrected chi connectivity index (χ4v) is 5.90. The molecule has 3 aliphatic rings. The third-order valence-electron chi connectivity index (χ3n) is 8.12. The van der Waals surface area contributed by atoms with Crippen molar-refractivity contribution >= 4 is 34.8 Å². The Morgan fingerprint density at radius 2 is 1.97 bits per heavy atom. The van der Waals surface area contributed by atoms with Crippen LogP contribution < -0.4 is 15.5 Å². The first-order valence-electron chi connectivity index (χ1n) is 13.7. The first kappa shape index (κ1) is 27.1. The average Bonchev–Trinajstić information content (AvgIpc) is 3.70. The summed E-state index contributed by atoms with van der Waals surface area (Å²) in [6.45, 7) is 3.12. The highest BCUT2D eigenvalue weighted by atomic mass is 16.3. The van der Waals surface area contributed by atoms with E-state index in [2.05, 4.69) is 10.6 Å². The molecule has 2 aromatic carbocycles. The quantitative estimate of drug-likeness (QED) is 0.388. The molecule has 39 heavy (non-hydrogen) atoms. The summed E-state index contributed by atoms with van der Waals surface area (Å²) in [6.07, 6.45) is 6.86. The molecule has 2 saturated heterocycles. The SMILES string of the molecule is C[C@H](/C=C/CC(=O)N1CCC[C@H]1CO)[C@@]1(O)C(=O)N(c2ccccc2)c2ccc(NC(=O)[C@H]3CCCN3)cc21. The van der Waals surface area contributed by atoms with Crippen LogP contribution in [0.3, 0.4) is 0 Å². The molecule has 3 heterocycles. The predicted molar refractivity (Wildman–Crippen MR) is 148 cm³/mol. The normalized spacial score (nSPS) is 25.4. The zero-order valence-corrected chi connectivity index (χ0v) is 22.2. The lowest BCUT2D eigenvalue weighted by Gasteiger charge is -2.28. The van der Waals surface area contributed by atoms with Crippen molar-refractivity contribution in [3.8, 4) is 0 Å². The van der Waals surface area contributed by atoms with Gasteiger partial charge in [0.2, 0.25) is 11.8 Å². The van der Waals surface area contributed by atoms with Gasteiger partial charge in [-0.2, -0.15) is 0 Å². The summed E-state index contributed by atoms with van der Waals surface area (Å²) in [5.41, 5.74) is 0.172. The van der Waals surface area contributed by atoms with E-state index in [1.165, 1.54) is 4.90 Å². The number of fused-ring (bicyclic) bond motifs is 1. The molecule has 0 spiro atoms. The Morgan fingerprint density at radius 3 is 2.69 bits per heavy atom.